The molecule has 0 unspecified atom stereocenters. The van der Waals surface area contributed by atoms with Crippen LogP contribution in [0.4, 0.5) is 11.4 Å². The third-order valence-electron chi connectivity index (χ3n) is 4.41. The first-order valence-electron chi connectivity index (χ1n) is 8.34. The molecule has 0 aliphatic heterocycles. The maximum absolute atomic E-state index is 10.3. The molecule has 2 heterocycles. The number of hydrogen-bond acceptors (Lipinski definition) is 6. The summed E-state index contributed by atoms with van der Waals surface area (Å²) in [5.41, 5.74) is 4.11. The predicted octanol–water partition coefficient (Wildman–Crippen LogP) is 5.88. The van der Waals surface area contributed by atoms with Gasteiger partial charge in [-0.2, -0.15) is 0 Å². The molecular weight excluding hydrogens is 376 g/mol. The number of thiophene rings is 2. The topological polar surface area (TPSA) is 69.7 Å². The average molecular weight is 395 g/mol. The highest BCUT2D eigenvalue weighted by atomic mass is 32.1. The number of nitrogens with zero attached hydrogens (tertiary/aromatic N) is 1. The number of nitrogens with two attached hydrogens (primary N) is 1. The first-order valence-corrected chi connectivity index (χ1v) is 10.1. The van der Waals surface area contributed by atoms with Crippen molar-refractivity contribution in [3.8, 4) is 32.4 Å². The quantitative estimate of drug-likeness (QED) is 0.299. The number of benzene rings is 2. The van der Waals surface area contributed by atoms with Crippen molar-refractivity contribution >= 4 is 34.0 Å². The van der Waals surface area contributed by atoms with E-state index in [1.807, 2.05) is 48.0 Å². The van der Waals surface area contributed by atoms with Gasteiger partial charge >= 0.3 is 0 Å². The van der Waals surface area contributed by atoms with Crippen LogP contribution in [-0.4, -0.2) is 10.2 Å². The minimum Gasteiger partial charge on any atom is -0.507 e. The summed E-state index contributed by atoms with van der Waals surface area (Å²) in [5.74, 6) is 6.82. The third-order valence-corrected chi connectivity index (χ3v) is 6.36. The third kappa shape index (κ3) is 3.30. The number of anilines is 2. The average Bonchev–Trinajstić information content (AvgIpc) is 3.34. The van der Waals surface area contributed by atoms with Gasteiger partial charge in [-0.3, -0.25) is 5.01 Å². The van der Waals surface area contributed by atoms with Gasteiger partial charge in [0.15, 0.2) is 0 Å². The van der Waals surface area contributed by atoms with Crippen molar-refractivity contribution in [2.45, 2.75) is 6.92 Å². The van der Waals surface area contributed by atoms with E-state index < -0.39 is 0 Å². The Balaban J connectivity index is 1.75. The summed E-state index contributed by atoms with van der Waals surface area (Å²) >= 11 is 3.14. The van der Waals surface area contributed by atoms with Gasteiger partial charge in [0.25, 0.3) is 0 Å². The smallest absolute Gasteiger partial charge is 0.124 e. The Hall–Kier alpha value is -2.80. The maximum atomic E-state index is 10.3. The van der Waals surface area contributed by atoms with Gasteiger partial charge in [0.1, 0.15) is 11.5 Å². The van der Waals surface area contributed by atoms with Crippen molar-refractivity contribution in [3.05, 3.63) is 70.9 Å². The second kappa shape index (κ2) is 7.08. The lowest BCUT2D eigenvalue weighted by atomic mass is 10.1. The summed E-state index contributed by atoms with van der Waals surface area (Å²) in [5, 5.41) is 26.0. The molecule has 0 saturated carbocycles. The molecular formula is C21H18N2O2S2. The van der Waals surface area contributed by atoms with Crippen LogP contribution >= 0.6 is 22.7 Å². The molecule has 0 aliphatic rings. The van der Waals surface area contributed by atoms with E-state index >= 15 is 0 Å². The summed E-state index contributed by atoms with van der Waals surface area (Å²) in [6.45, 7) is 2.02. The molecule has 0 atom stereocenters. The van der Waals surface area contributed by atoms with Crippen LogP contribution in [0.2, 0.25) is 0 Å². The molecule has 136 valence electrons. The minimum atomic E-state index is 0.218. The lowest BCUT2D eigenvalue weighted by Gasteiger charge is -2.21. The molecule has 0 fully saturated rings. The van der Waals surface area contributed by atoms with E-state index in [0.717, 1.165) is 37.8 Å². The Labute approximate surface area is 165 Å². The molecule has 0 saturated heterocycles. The zero-order chi connectivity index (χ0) is 19.0. The summed E-state index contributed by atoms with van der Waals surface area (Å²) < 4.78 is 0. The molecule has 0 amide bonds. The van der Waals surface area contributed by atoms with Crippen LogP contribution in [0, 0.1) is 6.92 Å². The van der Waals surface area contributed by atoms with Crippen LogP contribution in [0.1, 0.15) is 5.56 Å². The Bertz CT molecular complexity index is 1090. The van der Waals surface area contributed by atoms with Gasteiger partial charge in [-0.25, -0.2) is 5.84 Å². The highest BCUT2D eigenvalue weighted by molar-refractivity contribution is 7.14. The van der Waals surface area contributed by atoms with Crippen LogP contribution in [0.5, 0.6) is 11.5 Å². The molecule has 2 aromatic heterocycles. The fourth-order valence-electron chi connectivity index (χ4n) is 2.96. The van der Waals surface area contributed by atoms with Crippen LogP contribution in [-0.2, 0) is 0 Å². The molecule has 4 aromatic rings. The van der Waals surface area contributed by atoms with Crippen LogP contribution in [0.25, 0.3) is 20.9 Å². The Kier molecular flexibility index (Phi) is 4.61. The van der Waals surface area contributed by atoms with Gasteiger partial charge in [-0.05, 0) is 71.8 Å². The zero-order valence-electron chi connectivity index (χ0n) is 14.6. The van der Waals surface area contributed by atoms with Crippen LogP contribution in [0.15, 0.2) is 65.4 Å². The highest BCUT2D eigenvalue weighted by Crippen LogP contribution is 2.40. The van der Waals surface area contributed by atoms with Crippen molar-refractivity contribution in [3.63, 3.8) is 0 Å². The Morgan fingerprint density at radius 2 is 1.48 bits per heavy atom. The molecule has 0 aliphatic carbocycles. The summed E-state index contributed by atoms with van der Waals surface area (Å²) in [6.07, 6.45) is 0. The monoisotopic (exact) mass is 394 g/mol. The summed E-state index contributed by atoms with van der Waals surface area (Å²) in [4.78, 5) is 2.00. The van der Waals surface area contributed by atoms with Crippen molar-refractivity contribution in [1.82, 2.24) is 0 Å². The first-order chi connectivity index (χ1) is 13.0. The van der Waals surface area contributed by atoms with E-state index in [9.17, 15) is 10.2 Å². The van der Waals surface area contributed by atoms with Crippen LogP contribution < -0.4 is 10.9 Å². The minimum absolute atomic E-state index is 0.218. The lowest BCUT2D eigenvalue weighted by Crippen LogP contribution is -2.24. The standard InChI is InChI=1S/C21H18N2O2S2/c1-13-8-10-27-21(13)17-12-15(5-7-19(17)25)23(22)14-4-6-18(24)16(11-14)20-3-2-9-26-20/h2-12,24-25H,22H2,1H3. The summed E-state index contributed by atoms with van der Waals surface area (Å²) in [6, 6.07) is 16.5. The van der Waals surface area contributed by atoms with E-state index in [-0.39, 0.29) is 11.5 Å². The molecule has 27 heavy (non-hydrogen) atoms. The number of phenolic OH excluding ortho intramolecular Hbond substituents is 2. The molecule has 4 N–H and O–H groups in total. The molecule has 0 spiro atoms. The Morgan fingerprint density at radius 3 is 2.07 bits per heavy atom. The second-order valence-corrected chi connectivity index (χ2v) is 8.05. The molecule has 2 aromatic carbocycles. The van der Waals surface area contributed by atoms with Gasteiger partial charge in [-0.15, -0.1) is 22.7 Å². The SMILES string of the molecule is Cc1ccsc1-c1cc(N(N)c2ccc(O)c(-c3cccs3)c2)ccc1O. The summed E-state index contributed by atoms with van der Waals surface area (Å²) in [7, 11) is 0. The molecule has 4 rings (SSSR count). The number of aryl methyl sites for hydroxylation is 1. The fourth-order valence-corrected chi connectivity index (χ4v) is 4.66. The van der Waals surface area contributed by atoms with Crippen molar-refractivity contribution < 1.29 is 10.2 Å². The maximum Gasteiger partial charge on any atom is 0.124 e. The van der Waals surface area contributed by atoms with E-state index in [2.05, 4.69) is 0 Å². The Morgan fingerprint density at radius 1 is 0.815 bits per heavy atom. The largest absolute Gasteiger partial charge is 0.507 e. The van der Waals surface area contributed by atoms with Crippen molar-refractivity contribution in [2.75, 3.05) is 5.01 Å². The number of aromatic hydroxyl groups is 2. The van der Waals surface area contributed by atoms with Crippen LogP contribution in [0.3, 0.4) is 0 Å². The van der Waals surface area contributed by atoms with Crippen molar-refractivity contribution in [1.29, 1.82) is 0 Å². The van der Waals surface area contributed by atoms with Gasteiger partial charge in [0.05, 0.1) is 11.4 Å². The van der Waals surface area contributed by atoms with Gasteiger partial charge < -0.3 is 10.2 Å². The number of rotatable bonds is 4. The number of hydrogen-bond donors (Lipinski definition) is 3. The van der Waals surface area contributed by atoms with Gasteiger partial charge in [0.2, 0.25) is 0 Å². The highest BCUT2D eigenvalue weighted by Gasteiger charge is 2.14. The van der Waals surface area contributed by atoms with Gasteiger partial charge in [0, 0.05) is 20.9 Å². The number of phenols is 2. The molecule has 6 heteroatoms. The second-order valence-electron chi connectivity index (χ2n) is 6.18. The normalized spacial score (nSPS) is 10.9. The first kappa shape index (κ1) is 17.6. The lowest BCUT2D eigenvalue weighted by molar-refractivity contribution is 0.477. The molecule has 0 radical (unpaired) electrons. The predicted molar refractivity (Wildman–Crippen MR) is 114 cm³/mol. The van der Waals surface area contributed by atoms with Crippen molar-refractivity contribution in [2.24, 2.45) is 5.84 Å². The number of hydrazine groups is 1. The van der Waals surface area contributed by atoms with E-state index in [1.54, 1.807) is 51.9 Å². The molecule has 4 nitrogen and oxygen atoms in total. The van der Waals surface area contributed by atoms with E-state index in [4.69, 9.17) is 5.84 Å². The fraction of sp³-hybridized carbons (Fsp3) is 0.0476. The molecule has 0 bridgehead atoms. The zero-order valence-corrected chi connectivity index (χ0v) is 16.2. The van der Waals surface area contributed by atoms with E-state index in [0.29, 0.717) is 0 Å². The van der Waals surface area contributed by atoms with Gasteiger partial charge in [-0.1, -0.05) is 6.07 Å². The van der Waals surface area contributed by atoms with E-state index in [1.165, 1.54) is 0 Å².